The number of carbonyl (C=O) groups excluding carboxylic acids is 1. The molecule has 4 rings (SSSR count). The molecule has 0 radical (unpaired) electrons. The molecule has 2 aromatic rings. The number of anilines is 4. The Morgan fingerprint density at radius 1 is 1.23 bits per heavy atom. The van der Waals surface area contributed by atoms with Gasteiger partial charge in [0.15, 0.2) is 0 Å². The zero-order chi connectivity index (χ0) is 22.0. The lowest BCUT2D eigenvalue weighted by atomic mass is 10.2. The molecule has 4 N–H and O–H groups in total. The first-order valence-electron chi connectivity index (χ1n) is 9.98. The van der Waals surface area contributed by atoms with Gasteiger partial charge in [0.05, 0.1) is 17.2 Å². The molecule has 8 nitrogen and oxygen atoms in total. The Hall–Kier alpha value is -3.37. The monoisotopic (exact) mass is 433 g/mol. The van der Waals surface area contributed by atoms with Crippen molar-refractivity contribution in [2.24, 2.45) is 0 Å². The molecular formula is C20H22F3N7O. The highest BCUT2D eigenvalue weighted by Gasteiger charge is 2.31. The van der Waals surface area contributed by atoms with E-state index in [1.165, 1.54) is 12.1 Å². The van der Waals surface area contributed by atoms with Crippen molar-refractivity contribution in [3.8, 4) is 0 Å². The second-order valence-electron chi connectivity index (χ2n) is 7.52. The number of carbonyl (C=O) groups is 1. The van der Waals surface area contributed by atoms with Crippen LogP contribution >= 0.6 is 0 Å². The van der Waals surface area contributed by atoms with Gasteiger partial charge in [-0.1, -0.05) is 6.07 Å². The summed E-state index contributed by atoms with van der Waals surface area (Å²) >= 11 is 0. The lowest BCUT2D eigenvalue weighted by Gasteiger charge is -2.22. The summed E-state index contributed by atoms with van der Waals surface area (Å²) in [6.07, 6.45) is -1.11. The average molecular weight is 433 g/mol. The highest BCUT2D eigenvalue weighted by atomic mass is 19.4. The fraction of sp³-hybridized carbons (Fsp3) is 0.400. The van der Waals surface area contributed by atoms with Gasteiger partial charge in [0.2, 0.25) is 11.9 Å². The first-order chi connectivity index (χ1) is 14.8. The van der Waals surface area contributed by atoms with Gasteiger partial charge >= 0.3 is 6.18 Å². The van der Waals surface area contributed by atoms with Crippen LogP contribution in [0, 0.1) is 5.41 Å². The van der Waals surface area contributed by atoms with Crippen LogP contribution < -0.4 is 20.9 Å². The van der Waals surface area contributed by atoms with Crippen LogP contribution in [0.2, 0.25) is 0 Å². The van der Waals surface area contributed by atoms with E-state index in [4.69, 9.17) is 5.41 Å². The van der Waals surface area contributed by atoms with E-state index in [1.807, 2.05) is 4.90 Å². The lowest BCUT2D eigenvalue weighted by molar-refractivity contribution is -0.137. The molecule has 1 atom stereocenters. The molecule has 1 aromatic heterocycles. The van der Waals surface area contributed by atoms with Crippen molar-refractivity contribution in [1.29, 1.82) is 5.41 Å². The third-order valence-electron chi connectivity index (χ3n) is 5.24. The number of nitrogens with one attached hydrogen (secondary N) is 4. The summed E-state index contributed by atoms with van der Waals surface area (Å²) < 4.78 is 39.3. The Kier molecular flexibility index (Phi) is 5.66. The molecule has 2 saturated heterocycles. The predicted octanol–water partition coefficient (Wildman–Crippen LogP) is 3.14. The van der Waals surface area contributed by atoms with Crippen LogP contribution in [-0.2, 0) is 11.0 Å². The summed E-state index contributed by atoms with van der Waals surface area (Å²) in [7, 11) is 0. The molecule has 11 heteroatoms. The Labute approximate surface area is 176 Å². The maximum Gasteiger partial charge on any atom is 0.416 e. The Morgan fingerprint density at radius 2 is 2.00 bits per heavy atom. The van der Waals surface area contributed by atoms with Crippen molar-refractivity contribution >= 4 is 35.4 Å². The van der Waals surface area contributed by atoms with Crippen molar-refractivity contribution in [2.45, 2.75) is 31.5 Å². The van der Waals surface area contributed by atoms with E-state index < -0.39 is 11.7 Å². The normalized spacial score (nSPS) is 18.7. The second-order valence-corrected chi connectivity index (χ2v) is 7.52. The molecule has 3 heterocycles. The third kappa shape index (κ3) is 4.70. The van der Waals surface area contributed by atoms with Crippen LogP contribution in [0.25, 0.3) is 0 Å². The number of hydrogen-bond donors (Lipinski definition) is 4. The fourth-order valence-electron chi connectivity index (χ4n) is 3.72. The minimum Gasteiger partial charge on any atom is -0.356 e. The van der Waals surface area contributed by atoms with Gasteiger partial charge in [-0.05, 0) is 31.0 Å². The number of alkyl halides is 3. The topological polar surface area (TPSA) is 106 Å². The van der Waals surface area contributed by atoms with Crippen molar-refractivity contribution in [1.82, 2.24) is 15.3 Å². The SMILES string of the molecule is N=Cc1c(Nc2cccc(C(F)(F)F)c2)nc(NC2CNC(=O)C2)nc1N1CCCC1. The summed E-state index contributed by atoms with van der Waals surface area (Å²) in [6.45, 7) is 1.97. The van der Waals surface area contributed by atoms with Crippen LogP contribution in [0.4, 0.5) is 36.4 Å². The number of halogens is 3. The van der Waals surface area contributed by atoms with Crippen molar-refractivity contribution in [3.05, 3.63) is 35.4 Å². The number of hydrogen-bond acceptors (Lipinski definition) is 7. The van der Waals surface area contributed by atoms with E-state index in [0.717, 1.165) is 44.3 Å². The standard InChI is InChI=1S/C20H22F3N7O/c21-20(22,23)12-4-3-5-13(8-12)26-17-15(10-24)18(30-6-1-2-7-30)29-19(28-17)27-14-9-16(31)25-11-14/h3-5,8,10,14,24H,1-2,6-7,9,11H2,(H,25,31)(H2,26,27,28,29). The minimum absolute atomic E-state index is 0.0734. The van der Waals surface area contributed by atoms with Crippen LogP contribution in [0.1, 0.15) is 30.4 Å². The first-order valence-corrected chi connectivity index (χ1v) is 9.98. The molecule has 0 aliphatic carbocycles. The lowest BCUT2D eigenvalue weighted by Crippen LogP contribution is -2.26. The van der Waals surface area contributed by atoms with E-state index in [-0.39, 0.29) is 35.8 Å². The molecular weight excluding hydrogens is 411 g/mol. The van der Waals surface area contributed by atoms with Gasteiger partial charge in [0.1, 0.15) is 11.6 Å². The summed E-state index contributed by atoms with van der Waals surface area (Å²) in [4.78, 5) is 22.5. The molecule has 1 amide bonds. The van der Waals surface area contributed by atoms with E-state index in [2.05, 4.69) is 25.9 Å². The molecule has 31 heavy (non-hydrogen) atoms. The highest BCUT2D eigenvalue weighted by Crippen LogP contribution is 2.33. The fourth-order valence-corrected chi connectivity index (χ4v) is 3.72. The smallest absolute Gasteiger partial charge is 0.356 e. The second kappa shape index (κ2) is 8.40. The summed E-state index contributed by atoms with van der Waals surface area (Å²) in [5.74, 6) is 0.946. The molecule has 0 saturated carbocycles. The quantitative estimate of drug-likeness (QED) is 0.522. The average Bonchev–Trinajstić information content (AvgIpc) is 3.39. The van der Waals surface area contributed by atoms with Crippen molar-refractivity contribution in [2.75, 3.05) is 35.2 Å². The zero-order valence-corrected chi connectivity index (χ0v) is 16.6. The van der Waals surface area contributed by atoms with Crippen molar-refractivity contribution < 1.29 is 18.0 Å². The van der Waals surface area contributed by atoms with Gasteiger partial charge < -0.3 is 26.3 Å². The van der Waals surface area contributed by atoms with Crippen LogP contribution in [0.15, 0.2) is 24.3 Å². The van der Waals surface area contributed by atoms with Gasteiger partial charge in [0, 0.05) is 38.0 Å². The largest absolute Gasteiger partial charge is 0.416 e. The molecule has 0 spiro atoms. The number of aromatic nitrogens is 2. The minimum atomic E-state index is -4.47. The Balaban J connectivity index is 1.70. The number of amides is 1. The number of rotatable bonds is 6. The molecule has 1 aromatic carbocycles. The van der Waals surface area contributed by atoms with E-state index in [0.29, 0.717) is 17.9 Å². The van der Waals surface area contributed by atoms with E-state index >= 15 is 0 Å². The summed E-state index contributed by atoms with van der Waals surface area (Å²) in [5.41, 5.74) is -0.185. The predicted molar refractivity (Wildman–Crippen MR) is 111 cm³/mol. The van der Waals surface area contributed by atoms with Gasteiger partial charge in [-0.25, -0.2) is 0 Å². The van der Waals surface area contributed by atoms with Gasteiger partial charge in [-0.15, -0.1) is 0 Å². The van der Waals surface area contributed by atoms with Gasteiger partial charge in [0.25, 0.3) is 0 Å². The maximum absolute atomic E-state index is 13.1. The van der Waals surface area contributed by atoms with Crippen LogP contribution in [-0.4, -0.2) is 47.8 Å². The van der Waals surface area contributed by atoms with E-state index in [9.17, 15) is 18.0 Å². The van der Waals surface area contributed by atoms with E-state index in [1.54, 1.807) is 0 Å². The van der Waals surface area contributed by atoms with Gasteiger partial charge in [-0.3, -0.25) is 4.79 Å². The third-order valence-corrected chi connectivity index (χ3v) is 5.24. The zero-order valence-electron chi connectivity index (χ0n) is 16.6. The Morgan fingerprint density at radius 3 is 2.65 bits per heavy atom. The molecule has 0 bridgehead atoms. The molecule has 2 aliphatic rings. The van der Waals surface area contributed by atoms with Crippen LogP contribution in [0.5, 0.6) is 0 Å². The molecule has 2 fully saturated rings. The van der Waals surface area contributed by atoms with Gasteiger partial charge in [-0.2, -0.15) is 23.1 Å². The summed E-state index contributed by atoms with van der Waals surface area (Å²) in [5, 5.41) is 16.7. The van der Waals surface area contributed by atoms with Crippen LogP contribution in [0.3, 0.4) is 0 Å². The first kappa shape index (κ1) is 20.9. The molecule has 1 unspecified atom stereocenters. The van der Waals surface area contributed by atoms with Crippen molar-refractivity contribution in [3.63, 3.8) is 0 Å². The highest BCUT2D eigenvalue weighted by molar-refractivity contribution is 5.93. The number of nitrogens with zero attached hydrogens (tertiary/aromatic N) is 3. The maximum atomic E-state index is 13.1. The molecule has 164 valence electrons. The number of benzene rings is 1. The Bertz CT molecular complexity index is 989. The summed E-state index contributed by atoms with van der Waals surface area (Å²) in [6, 6.07) is 4.62. The molecule has 2 aliphatic heterocycles.